The Kier molecular flexibility index (Phi) is 4.39. The van der Waals surface area contributed by atoms with E-state index in [-0.39, 0.29) is 23.7 Å². The molecule has 1 aromatic heterocycles. The number of amides is 1. The maximum atomic E-state index is 13.0. The molecule has 3 N–H and O–H groups in total. The summed E-state index contributed by atoms with van der Waals surface area (Å²) in [5.74, 6) is 1.14. The van der Waals surface area contributed by atoms with Crippen LogP contribution < -0.4 is 10.1 Å². The van der Waals surface area contributed by atoms with Crippen LogP contribution in [0.2, 0.25) is 0 Å². The first kappa shape index (κ1) is 21.5. The van der Waals surface area contributed by atoms with Gasteiger partial charge < -0.3 is 24.7 Å². The fraction of sp³-hybridized carbons (Fsp3) is 0.536. The van der Waals surface area contributed by atoms with Crippen LogP contribution in [-0.2, 0) is 16.6 Å². The van der Waals surface area contributed by atoms with Crippen molar-refractivity contribution in [3.63, 3.8) is 0 Å². The van der Waals surface area contributed by atoms with E-state index in [1.807, 2.05) is 13.0 Å². The standard InChI is InChI=1S/C28H32N2O5/c1-26-21(29-23(32)7-4-18-9-13-34-16-18)8-10-28(33)22-14-19-5-6-20(31)25(35-26)24(19)27(26,28)11-12-30(22)15-17-2-3-17/h4-7,9,13,16-17,21-22,31,33H,2-3,8,10-12,14-15H2,1H3,(H,29,32)/b7-4+/t21-,22+,26?,27-,28+/m0/s1. The molecule has 7 nitrogen and oxygen atoms in total. The largest absolute Gasteiger partial charge is 0.504 e. The third-order valence-corrected chi connectivity index (χ3v) is 9.69. The Hall–Kier alpha value is -2.77. The van der Waals surface area contributed by atoms with Gasteiger partial charge in [-0.3, -0.25) is 9.69 Å². The minimum Gasteiger partial charge on any atom is -0.504 e. The predicted molar refractivity (Wildman–Crippen MR) is 129 cm³/mol. The zero-order valence-electron chi connectivity index (χ0n) is 20.0. The van der Waals surface area contributed by atoms with Gasteiger partial charge in [-0.05, 0) is 81.7 Å². The van der Waals surface area contributed by atoms with Crippen molar-refractivity contribution in [3.8, 4) is 11.5 Å². The molecule has 5 atom stereocenters. The summed E-state index contributed by atoms with van der Waals surface area (Å²) in [5.41, 5.74) is 0.409. The van der Waals surface area contributed by atoms with Gasteiger partial charge >= 0.3 is 0 Å². The number of piperidine rings is 1. The molecule has 2 aromatic rings. The minimum atomic E-state index is -0.977. The summed E-state index contributed by atoms with van der Waals surface area (Å²) in [4.78, 5) is 15.5. The zero-order chi connectivity index (χ0) is 24.0. The highest BCUT2D eigenvalue weighted by Crippen LogP contribution is 2.69. The maximum Gasteiger partial charge on any atom is 0.244 e. The number of nitrogens with zero attached hydrogens (tertiary/aromatic N) is 1. The highest BCUT2D eigenvalue weighted by molar-refractivity contribution is 5.92. The number of furan rings is 1. The lowest BCUT2D eigenvalue weighted by Gasteiger charge is -2.67. The Morgan fingerprint density at radius 2 is 2.11 bits per heavy atom. The minimum absolute atomic E-state index is 0.0143. The van der Waals surface area contributed by atoms with E-state index in [4.69, 9.17) is 9.15 Å². The summed E-state index contributed by atoms with van der Waals surface area (Å²) in [6, 6.07) is 5.23. The van der Waals surface area contributed by atoms with Crippen LogP contribution in [-0.4, -0.2) is 57.4 Å². The summed E-state index contributed by atoms with van der Waals surface area (Å²) in [7, 11) is 0. The summed E-state index contributed by atoms with van der Waals surface area (Å²) in [6.07, 6.45) is 11.7. The molecule has 2 bridgehead atoms. The lowest BCUT2D eigenvalue weighted by Crippen LogP contribution is -2.82. The van der Waals surface area contributed by atoms with Gasteiger partial charge in [0, 0.05) is 29.8 Å². The normalized spacial score (nSPS) is 37.2. The van der Waals surface area contributed by atoms with Crippen LogP contribution in [0.1, 0.15) is 55.7 Å². The molecule has 1 spiro atoms. The molecule has 7 heteroatoms. The molecular weight excluding hydrogens is 444 g/mol. The first-order valence-electron chi connectivity index (χ1n) is 12.9. The van der Waals surface area contributed by atoms with Crippen molar-refractivity contribution < 1.29 is 24.2 Å². The first-order valence-corrected chi connectivity index (χ1v) is 12.9. The highest BCUT2D eigenvalue weighted by atomic mass is 16.5. The van der Waals surface area contributed by atoms with Gasteiger partial charge in [0.25, 0.3) is 0 Å². The van der Waals surface area contributed by atoms with E-state index in [0.717, 1.165) is 48.5 Å². The summed E-state index contributed by atoms with van der Waals surface area (Å²) in [5, 5.41) is 26.6. The molecule has 1 aromatic carbocycles. The van der Waals surface area contributed by atoms with Crippen molar-refractivity contribution >= 4 is 12.0 Å². The second-order valence-corrected chi connectivity index (χ2v) is 11.4. The van der Waals surface area contributed by atoms with E-state index in [2.05, 4.69) is 10.2 Å². The van der Waals surface area contributed by atoms with E-state index in [1.165, 1.54) is 18.9 Å². The molecule has 0 radical (unpaired) electrons. The lowest BCUT2D eigenvalue weighted by atomic mass is 9.44. The van der Waals surface area contributed by atoms with Gasteiger partial charge in [-0.1, -0.05) is 6.07 Å². The number of benzene rings is 1. The molecule has 184 valence electrons. The number of aliphatic hydroxyl groups is 1. The average Bonchev–Trinajstić information content (AvgIpc) is 3.38. The van der Waals surface area contributed by atoms with Crippen molar-refractivity contribution in [1.29, 1.82) is 0 Å². The van der Waals surface area contributed by atoms with Crippen molar-refractivity contribution in [2.75, 3.05) is 13.1 Å². The van der Waals surface area contributed by atoms with E-state index in [1.54, 1.807) is 30.7 Å². The Bertz CT molecular complexity index is 1220. The molecule has 2 saturated carbocycles. The van der Waals surface area contributed by atoms with Crippen LogP contribution in [0, 0.1) is 5.92 Å². The molecule has 3 heterocycles. The van der Waals surface area contributed by atoms with Gasteiger partial charge in [0.15, 0.2) is 11.5 Å². The van der Waals surface area contributed by atoms with Gasteiger partial charge in [0.1, 0.15) is 5.60 Å². The fourth-order valence-corrected chi connectivity index (χ4v) is 7.91. The van der Waals surface area contributed by atoms with Crippen LogP contribution in [0.25, 0.3) is 6.08 Å². The molecule has 3 fully saturated rings. The molecule has 35 heavy (non-hydrogen) atoms. The number of aromatic hydroxyl groups is 1. The van der Waals surface area contributed by atoms with Crippen molar-refractivity contribution in [2.45, 2.75) is 74.1 Å². The second kappa shape index (κ2) is 7.14. The summed E-state index contributed by atoms with van der Waals surface area (Å²) in [6.45, 7) is 3.96. The summed E-state index contributed by atoms with van der Waals surface area (Å²) < 4.78 is 11.8. The van der Waals surface area contributed by atoms with E-state index in [0.29, 0.717) is 18.6 Å². The van der Waals surface area contributed by atoms with Crippen LogP contribution in [0.5, 0.6) is 11.5 Å². The quantitative estimate of drug-likeness (QED) is 0.574. The second-order valence-electron chi connectivity index (χ2n) is 11.4. The first-order chi connectivity index (χ1) is 16.9. The third-order valence-electron chi connectivity index (χ3n) is 9.69. The molecule has 1 amide bonds. The number of phenols is 1. The SMILES string of the molecule is CC12Oc3c(O)ccc4c3[C@@]13CCN(CC1CC1)[C@H](C4)[C@]3(O)CC[C@@H]2NC(=O)/C=C/c1ccoc1. The lowest BCUT2D eigenvalue weighted by molar-refractivity contribution is -0.220. The Labute approximate surface area is 204 Å². The van der Waals surface area contributed by atoms with E-state index >= 15 is 0 Å². The summed E-state index contributed by atoms with van der Waals surface area (Å²) >= 11 is 0. The number of hydrogen-bond acceptors (Lipinski definition) is 6. The van der Waals surface area contributed by atoms with Crippen molar-refractivity contribution in [3.05, 3.63) is 53.5 Å². The molecule has 1 unspecified atom stereocenters. The van der Waals surface area contributed by atoms with Gasteiger partial charge in [0.05, 0.1) is 29.6 Å². The molecule has 3 aliphatic carbocycles. The number of hydrogen-bond donors (Lipinski definition) is 3. The predicted octanol–water partition coefficient (Wildman–Crippen LogP) is 3.14. The highest BCUT2D eigenvalue weighted by Gasteiger charge is 2.77. The van der Waals surface area contributed by atoms with Gasteiger partial charge in [-0.2, -0.15) is 0 Å². The molecule has 5 aliphatic rings. The number of ether oxygens (including phenoxy) is 1. The fourth-order valence-electron chi connectivity index (χ4n) is 7.91. The maximum absolute atomic E-state index is 13.0. The topological polar surface area (TPSA) is 95.2 Å². The molecule has 7 rings (SSSR count). The van der Waals surface area contributed by atoms with Crippen molar-refractivity contribution in [2.24, 2.45) is 5.92 Å². The van der Waals surface area contributed by atoms with Crippen LogP contribution >= 0.6 is 0 Å². The van der Waals surface area contributed by atoms with E-state index in [9.17, 15) is 15.0 Å². The number of carbonyl (C=O) groups excluding carboxylic acids is 1. The molecular formula is C28H32N2O5. The molecule has 2 aliphatic heterocycles. The van der Waals surface area contributed by atoms with Gasteiger partial charge in [-0.25, -0.2) is 0 Å². The number of carbonyl (C=O) groups is 1. The van der Waals surface area contributed by atoms with Crippen LogP contribution in [0.15, 0.2) is 41.2 Å². The van der Waals surface area contributed by atoms with E-state index < -0.39 is 16.6 Å². The monoisotopic (exact) mass is 476 g/mol. The van der Waals surface area contributed by atoms with Crippen LogP contribution in [0.3, 0.4) is 0 Å². The van der Waals surface area contributed by atoms with Crippen molar-refractivity contribution in [1.82, 2.24) is 10.2 Å². The van der Waals surface area contributed by atoms with Gasteiger partial charge in [-0.15, -0.1) is 0 Å². The number of phenolic OH excluding ortho intramolecular Hbond substituents is 1. The smallest absolute Gasteiger partial charge is 0.244 e. The average molecular weight is 477 g/mol. The Morgan fingerprint density at radius 3 is 2.89 bits per heavy atom. The third kappa shape index (κ3) is 2.77. The number of nitrogens with one attached hydrogen (secondary N) is 1. The van der Waals surface area contributed by atoms with Crippen LogP contribution in [0.4, 0.5) is 0 Å². The zero-order valence-corrected chi connectivity index (χ0v) is 20.0. The molecule has 1 saturated heterocycles. The number of likely N-dealkylation sites (tertiary alicyclic amines) is 1. The van der Waals surface area contributed by atoms with Gasteiger partial charge in [0.2, 0.25) is 5.91 Å². The Morgan fingerprint density at radius 1 is 1.26 bits per heavy atom. The number of rotatable bonds is 5. The Balaban J connectivity index is 1.29.